The van der Waals surface area contributed by atoms with Gasteiger partial charge in [0.05, 0.1) is 5.69 Å². The van der Waals surface area contributed by atoms with Crippen molar-refractivity contribution in [2.45, 2.75) is 77.8 Å². The molecule has 1 aliphatic heterocycles. The molecule has 4 saturated carbocycles. The Morgan fingerprint density at radius 1 is 1.03 bits per heavy atom. The van der Waals surface area contributed by atoms with Crippen molar-refractivity contribution in [3.63, 3.8) is 0 Å². The van der Waals surface area contributed by atoms with Crippen molar-refractivity contribution in [1.82, 2.24) is 14.9 Å². The molecule has 4 aliphatic carbocycles. The second kappa shape index (κ2) is 8.50. The lowest BCUT2D eigenvalue weighted by Crippen LogP contribution is -2.47. The average molecular weight is 445 g/mol. The third kappa shape index (κ3) is 4.32. The summed E-state index contributed by atoms with van der Waals surface area (Å²) in [4.78, 5) is 24.7. The molecule has 0 saturated heterocycles. The molecule has 4 fully saturated rings. The Morgan fingerprint density at radius 2 is 1.70 bits per heavy atom. The molecule has 7 rings (SSSR count). The van der Waals surface area contributed by atoms with E-state index in [-0.39, 0.29) is 11.3 Å². The summed E-state index contributed by atoms with van der Waals surface area (Å²) in [6.07, 6.45) is 12.3. The van der Waals surface area contributed by atoms with Crippen molar-refractivity contribution in [2.24, 2.45) is 23.2 Å². The Kier molecular flexibility index (Phi) is 5.48. The molecule has 5 nitrogen and oxygen atoms in total. The quantitative estimate of drug-likeness (QED) is 0.670. The van der Waals surface area contributed by atoms with Crippen molar-refractivity contribution in [2.75, 3.05) is 11.9 Å². The average Bonchev–Trinajstić information content (AvgIpc) is 2.78. The molecule has 1 amide bonds. The number of hydrogen-bond acceptors (Lipinski definition) is 4. The highest BCUT2D eigenvalue weighted by molar-refractivity contribution is 5.91. The van der Waals surface area contributed by atoms with E-state index in [1.807, 2.05) is 0 Å². The minimum atomic E-state index is 0.163. The van der Waals surface area contributed by atoms with Gasteiger partial charge in [-0.25, -0.2) is 9.97 Å². The van der Waals surface area contributed by atoms with Crippen LogP contribution in [0.4, 0.5) is 5.82 Å². The van der Waals surface area contributed by atoms with Crippen molar-refractivity contribution >= 4 is 11.7 Å². The van der Waals surface area contributed by atoms with Crippen LogP contribution in [0, 0.1) is 23.2 Å². The van der Waals surface area contributed by atoms with Gasteiger partial charge in [-0.3, -0.25) is 9.69 Å². The van der Waals surface area contributed by atoms with Crippen LogP contribution in [0.3, 0.4) is 0 Å². The van der Waals surface area contributed by atoms with Gasteiger partial charge >= 0.3 is 0 Å². The van der Waals surface area contributed by atoms with Crippen molar-refractivity contribution in [3.05, 3.63) is 53.0 Å². The molecule has 1 aromatic carbocycles. The molecule has 5 aliphatic rings. The van der Waals surface area contributed by atoms with Crippen LogP contribution < -0.4 is 5.32 Å². The zero-order chi connectivity index (χ0) is 22.4. The maximum atomic E-state index is 13.2. The van der Waals surface area contributed by atoms with E-state index < -0.39 is 0 Å². The Bertz CT molecular complexity index is 995. The maximum absolute atomic E-state index is 13.2. The standard InChI is InChI=1S/C28H36N4O/c1-2-19-3-5-20(6-4-19)16-32-8-7-24-25(17-32)29-18-30-27(24)31-26(33)15-28-12-21-9-22(13-28)11-23(10-21)14-28/h3-6,18,21-23H,2,7-17H2,1H3,(H,29,30,31,33). The molecule has 5 heteroatoms. The van der Waals surface area contributed by atoms with Gasteiger partial charge in [-0.1, -0.05) is 31.2 Å². The largest absolute Gasteiger partial charge is 0.310 e. The van der Waals surface area contributed by atoms with Gasteiger partial charge in [-0.2, -0.15) is 0 Å². The molecule has 4 bridgehead atoms. The van der Waals surface area contributed by atoms with Gasteiger partial charge in [-0.15, -0.1) is 0 Å². The maximum Gasteiger partial charge on any atom is 0.226 e. The summed E-state index contributed by atoms with van der Waals surface area (Å²) in [5, 5.41) is 3.21. The number of hydrogen-bond donors (Lipinski definition) is 1. The van der Waals surface area contributed by atoms with Gasteiger partial charge in [0, 0.05) is 31.6 Å². The minimum absolute atomic E-state index is 0.163. The van der Waals surface area contributed by atoms with Gasteiger partial charge in [0.15, 0.2) is 0 Å². The Labute approximate surface area is 197 Å². The zero-order valence-electron chi connectivity index (χ0n) is 19.9. The summed E-state index contributed by atoms with van der Waals surface area (Å²) >= 11 is 0. The molecule has 0 spiro atoms. The number of carbonyl (C=O) groups is 1. The van der Waals surface area contributed by atoms with Crippen molar-refractivity contribution in [1.29, 1.82) is 0 Å². The summed E-state index contributed by atoms with van der Waals surface area (Å²) in [5.74, 6) is 3.54. The number of nitrogens with zero attached hydrogens (tertiary/aromatic N) is 3. The van der Waals surface area contributed by atoms with E-state index >= 15 is 0 Å². The fraction of sp³-hybridized carbons (Fsp3) is 0.607. The minimum Gasteiger partial charge on any atom is -0.310 e. The van der Waals surface area contributed by atoms with Crippen LogP contribution >= 0.6 is 0 Å². The van der Waals surface area contributed by atoms with Gasteiger partial charge < -0.3 is 5.32 Å². The number of carbonyl (C=O) groups excluding carboxylic acids is 1. The summed E-state index contributed by atoms with van der Waals surface area (Å²) in [7, 11) is 0. The lowest BCUT2D eigenvalue weighted by Gasteiger charge is -2.56. The first-order valence-electron chi connectivity index (χ1n) is 13.0. The second-order valence-electron chi connectivity index (χ2n) is 11.4. The van der Waals surface area contributed by atoms with Gasteiger partial charge in [0.25, 0.3) is 0 Å². The number of anilines is 1. The first-order valence-corrected chi connectivity index (χ1v) is 13.0. The number of aromatic nitrogens is 2. The molecule has 0 unspecified atom stereocenters. The highest BCUT2D eigenvalue weighted by Crippen LogP contribution is 2.61. The Hall–Kier alpha value is -2.27. The molecular weight excluding hydrogens is 408 g/mol. The van der Waals surface area contributed by atoms with E-state index in [1.54, 1.807) is 6.33 Å². The summed E-state index contributed by atoms with van der Waals surface area (Å²) in [5.41, 5.74) is 5.18. The summed E-state index contributed by atoms with van der Waals surface area (Å²) in [6.45, 7) is 4.90. The van der Waals surface area contributed by atoms with E-state index in [9.17, 15) is 4.79 Å². The Morgan fingerprint density at radius 3 is 2.36 bits per heavy atom. The van der Waals surface area contributed by atoms with Gasteiger partial charge in [-0.05, 0) is 85.7 Å². The lowest BCUT2D eigenvalue weighted by atomic mass is 9.49. The van der Waals surface area contributed by atoms with E-state index in [1.165, 1.54) is 49.7 Å². The first kappa shape index (κ1) is 21.3. The lowest BCUT2D eigenvalue weighted by molar-refractivity contribution is -0.124. The number of fused-ring (bicyclic) bond motifs is 1. The highest BCUT2D eigenvalue weighted by Gasteiger charge is 2.51. The molecule has 1 N–H and O–H groups in total. The van der Waals surface area contributed by atoms with Crippen LogP contribution in [0.15, 0.2) is 30.6 Å². The highest BCUT2D eigenvalue weighted by atomic mass is 16.1. The molecule has 0 atom stereocenters. The van der Waals surface area contributed by atoms with Gasteiger partial charge in [0.1, 0.15) is 12.1 Å². The van der Waals surface area contributed by atoms with E-state index in [4.69, 9.17) is 0 Å². The first-order chi connectivity index (χ1) is 16.1. The monoisotopic (exact) mass is 444 g/mol. The summed E-state index contributed by atoms with van der Waals surface area (Å²) < 4.78 is 0. The summed E-state index contributed by atoms with van der Waals surface area (Å²) in [6, 6.07) is 8.94. The normalized spacial score (nSPS) is 30.3. The van der Waals surface area contributed by atoms with Crippen LogP contribution in [-0.4, -0.2) is 27.3 Å². The Balaban J connectivity index is 1.11. The molecule has 2 aromatic rings. The molecule has 1 aromatic heterocycles. The number of nitrogens with one attached hydrogen (secondary N) is 1. The van der Waals surface area contributed by atoms with Gasteiger partial charge in [0.2, 0.25) is 5.91 Å². The molecule has 33 heavy (non-hydrogen) atoms. The molecule has 2 heterocycles. The fourth-order valence-corrected chi connectivity index (χ4v) is 7.81. The molecule has 174 valence electrons. The predicted octanol–water partition coefficient (Wildman–Crippen LogP) is 5.14. The van der Waals surface area contributed by atoms with Crippen LogP contribution in [0.25, 0.3) is 0 Å². The van der Waals surface area contributed by atoms with Crippen molar-refractivity contribution in [3.8, 4) is 0 Å². The smallest absolute Gasteiger partial charge is 0.226 e. The van der Waals surface area contributed by atoms with E-state index in [0.29, 0.717) is 6.42 Å². The van der Waals surface area contributed by atoms with Crippen LogP contribution in [0.5, 0.6) is 0 Å². The van der Waals surface area contributed by atoms with E-state index in [2.05, 4.69) is 51.4 Å². The second-order valence-corrected chi connectivity index (χ2v) is 11.4. The predicted molar refractivity (Wildman–Crippen MR) is 130 cm³/mol. The SMILES string of the molecule is CCc1ccc(CN2CCc3c(ncnc3NC(=O)CC34CC5CC(CC(C5)C3)C4)C2)cc1. The number of aryl methyl sites for hydroxylation is 1. The van der Waals surface area contributed by atoms with Crippen LogP contribution in [0.2, 0.25) is 0 Å². The topological polar surface area (TPSA) is 58.1 Å². The third-order valence-electron chi connectivity index (χ3n) is 8.88. The number of benzene rings is 1. The van der Waals surface area contributed by atoms with Crippen LogP contribution in [-0.2, 0) is 30.7 Å². The van der Waals surface area contributed by atoms with E-state index in [0.717, 1.165) is 67.3 Å². The zero-order valence-corrected chi connectivity index (χ0v) is 19.9. The van der Waals surface area contributed by atoms with Crippen LogP contribution in [0.1, 0.15) is 74.3 Å². The molecular formula is C28H36N4O. The number of amides is 1. The fourth-order valence-electron chi connectivity index (χ4n) is 7.81. The molecule has 0 radical (unpaired) electrons. The third-order valence-corrected chi connectivity index (χ3v) is 8.88. The number of rotatable bonds is 6. The van der Waals surface area contributed by atoms with Crippen molar-refractivity contribution < 1.29 is 4.79 Å².